The highest BCUT2D eigenvalue weighted by Crippen LogP contribution is 2.19. The van der Waals surface area contributed by atoms with E-state index >= 15 is 0 Å². The molecule has 0 saturated carbocycles. The Bertz CT molecular complexity index is 776. The number of hydrogen-bond acceptors (Lipinski definition) is 9. The summed E-state index contributed by atoms with van der Waals surface area (Å²) in [6.07, 6.45) is -0.535. The van der Waals surface area contributed by atoms with Gasteiger partial charge < -0.3 is 24.2 Å². The number of alkyl carbamates (subject to hydrolysis) is 1. The summed E-state index contributed by atoms with van der Waals surface area (Å²) in [5.41, 5.74) is -1.43. The van der Waals surface area contributed by atoms with Crippen LogP contribution in [0.4, 0.5) is 4.79 Å². The van der Waals surface area contributed by atoms with Gasteiger partial charge in [0.15, 0.2) is 5.82 Å². The third-order valence-electron chi connectivity index (χ3n) is 5.39. The van der Waals surface area contributed by atoms with Crippen LogP contribution in [0.5, 0.6) is 0 Å². The van der Waals surface area contributed by atoms with Crippen molar-refractivity contribution in [3.63, 3.8) is 0 Å². The summed E-state index contributed by atoms with van der Waals surface area (Å²) in [5.74, 6) is 1.03. The van der Waals surface area contributed by atoms with E-state index < -0.39 is 17.2 Å². The highest BCUT2D eigenvalue weighted by Gasteiger charge is 2.31. The lowest BCUT2D eigenvalue weighted by Gasteiger charge is -2.35. The van der Waals surface area contributed by atoms with Crippen LogP contribution in [0, 0.1) is 0 Å². The van der Waals surface area contributed by atoms with Crippen LogP contribution in [0.1, 0.15) is 46.3 Å². The number of piperazine rings is 1. The van der Waals surface area contributed by atoms with E-state index in [0.29, 0.717) is 51.1 Å². The minimum absolute atomic E-state index is 0.168. The molecule has 11 heteroatoms. The molecule has 2 amide bonds. The molecular formula is C21H36N6O5. The molecule has 2 aliphatic heterocycles. The first kappa shape index (κ1) is 24.4. The Balaban J connectivity index is 1.45. The predicted octanol–water partition coefficient (Wildman–Crippen LogP) is 0.806. The third kappa shape index (κ3) is 7.14. The van der Waals surface area contributed by atoms with Crippen LogP contribution in [0.15, 0.2) is 4.52 Å². The Hall–Kier alpha value is -2.24. The molecule has 1 aromatic rings. The zero-order chi connectivity index (χ0) is 23.4. The fourth-order valence-corrected chi connectivity index (χ4v) is 3.58. The summed E-state index contributed by atoms with van der Waals surface area (Å²) < 4.78 is 16.1. The Kier molecular flexibility index (Phi) is 7.73. The molecule has 180 valence electrons. The number of amides is 2. The van der Waals surface area contributed by atoms with Crippen molar-refractivity contribution in [1.82, 2.24) is 30.2 Å². The van der Waals surface area contributed by atoms with Gasteiger partial charge in [-0.3, -0.25) is 14.6 Å². The van der Waals surface area contributed by atoms with Gasteiger partial charge in [-0.05, 0) is 34.6 Å². The molecule has 3 heterocycles. The molecule has 0 unspecified atom stereocenters. The van der Waals surface area contributed by atoms with E-state index in [1.807, 2.05) is 25.7 Å². The van der Waals surface area contributed by atoms with Crippen molar-refractivity contribution in [2.45, 2.75) is 52.3 Å². The van der Waals surface area contributed by atoms with Crippen molar-refractivity contribution in [3.05, 3.63) is 11.7 Å². The maximum Gasteiger partial charge on any atom is 0.408 e. The number of carbonyl (C=O) groups excluding carboxylic acids is 2. The second-order valence-electron chi connectivity index (χ2n) is 9.81. The van der Waals surface area contributed by atoms with Crippen LogP contribution in [0.3, 0.4) is 0 Å². The fraction of sp³-hybridized carbons (Fsp3) is 0.810. The first-order valence-electron chi connectivity index (χ1n) is 11.2. The molecule has 0 bridgehead atoms. The second-order valence-corrected chi connectivity index (χ2v) is 9.81. The van der Waals surface area contributed by atoms with Gasteiger partial charge in [-0.15, -0.1) is 0 Å². The number of nitrogens with zero attached hydrogens (tertiary/aromatic N) is 5. The molecule has 0 aromatic carbocycles. The lowest BCUT2D eigenvalue weighted by Crippen LogP contribution is -2.52. The zero-order valence-corrected chi connectivity index (χ0v) is 19.8. The van der Waals surface area contributed by atoms with Gasteiger partial charge in [-0.2, -0.15) is 4.98 Å². The highest BCUT2D eigenvalue weighted by molar-refractivity contribution is 5.78. The maximum atomic E-state index is 12.6. The van der Waals surface area contributed by atoms with E-state index in [-0.39, 0.29) is 5.91 Å². The lowest BCUT2D eigenvalue weighted by molar-refractivity contribution is -0.135. The molecule has 2 saturated heterocycles. The Morgan fingerprint density at radius 1 is 1.00 bits per heavy atom. The summed E-state index contributed by atoms with van der Waals surface area (Å²) >= 11 is 0. The van der Waals surface area contributed by atoms with Crippen molar-refractivity contribution in [2.24, 2.45) is 0 Å². The molecular weight excluding hydrogens is 416 g/mol. The molecule has 0 radical (unpaired) electrons. The first-order valence-corrected chi connectivity index (χ1v) is 11.2. The zero-order valence-electron chi connectivity index (χ0n) is 19.8. The summed E-state index contributed by atoms with van der Waals surface area (Å²) in [6.45, 7) is 15.8. The molecule has 0 aliphatic carbocycles. The Labute approximate surface area is 189 Å². The van der Waals surface area contributed by atoms with Crippen LogP contribution in [0.2, 0.25) is 0 Å². The molecule has 11 nitrogen and oxygen atoms in total. The standard InChI is InChI=1S/C21H36N6O5/c1-20(2,3)31-19(29)23-21(4,5)18-22-16(32-24-18)14-25-6-8-27(9-7-25)17(28)15-26-10-12-30-13-11-26/h6-15H2,1-5H3,(H,23,29). The second kappa shape index (κ2) is 10.1. The van der Waals surface area contributed by atoms with Crippen molar-refractivity contribution >= 4 is 12.0 Å². The predicted molar refractivity (Wildman–Crippen MR) is 116 cm³/mol. The molecule has 1 aromatic heterocycles. The molecule has 2 aliphatic rings. The molecule has 0 spiro atoms. The average Bonchev–Trinajstić information content (AvgIpc) is 3.17. The van der Waals surface area contributed by atoms with Gasteiger partial charge >= 0.3 is 6.09 Å². The molecule has 2 fully saturated rings. The molecule has 3 rings (SSSR count). The number of morpholine rings is 1. The van der Waals surface area contributed by atoms with E-state index in [2.05, 4.69) is 25.3 Å². The van der Waals surface area contributed by atoms with E-state index in [1.165, 1.54) is 0 Å². The molecule has 32 heavy (non-hydrogen) atoms. The molecule has 0 atom stereocenters. The summed E-state index contributed by atoms with van der Waals surface area (Å²) in [6, 6.07) is 0. The average molecular weight is 453 g/mol. The van der Waals surface area contributed by atoms with Crippen LogP contribution >= 0.6 is 0 Å². The smallest absolute Gasteiger partial charge is 0.408 e. The topological polar surface area (TPSA) is 113 Å². The van der Waals surface area contributed by atoms with Gasteiger partial charge in [0.1, 0.15) is 11.1 Å². The lowest BCUT2D eigenvalue weighted by atomic mass is 10.1. The van der Waals surface area contributed by atoms with Gasteiger partial charge in [0.2, 0.25) is 11.8 Å². The summed E-state index contributed by atoms with van der Waals surface area (Å²) in [4.78, 5) is 35.4. The number of hydrogen-bond donors (Lipinski definition) is 1. The van der Waals surface area contributed by atoms with E-state index in [4.69, 9.17) is 14.0 Å². The van der Waals surface area contributed by atoms with E-state index in [0.717, 1.165) is 26.2 Å². The van der Waals surface area contributed by atoms with Crippen molar-refractivity contribution < 1.29 is 23.6 Å². The van der Waals surface area contributed by atoms with Crippen LogP contribution in [-0.2, 0) is 26.4 Å². The van der Waals surface area contributed by atoms with Crippen molar-refractivity contribution in [1.29, 1.82) is 0 Å². The SMILES string of the molecule is CC(C)(C)OC(=O)NC(C)(C)c1noc(CN2CCN(C(=O)CN3CCOCC3)CC2)n1. The van der Waals surface area contributed by atoms with E-state index in [1.54, 1.807) is 13.8 Å². The van der Waals surface area contributed by atoms with Gasteiger partial charge in [-0.1, -0.05) is 5.16 Å². The van der Waals surface area contributed by atoms with Crippen LogP contribution < -0.4 is 5.32 Å². The molecule has 1 N–H and O–H groups in total. The Morgan fingerprint density at radius 2 is 1.66 bits per heavy atom. The van der Waals surface area contributed by atoms with Crippen molar-refractivity contribution in [2.75, 3.05) is 59.0 Å². The number of rotatable bonds is 6. The number of ether oxygens (including phenoxy) is 2. The fourth-order valence-electron chi connectivity index (χ4n) is 3.58. The van der Waals surface area contributed by atoms with Crippen molar-refractivity contribution in [3.8, 4) is 0 Å². The monoisotopic (exact) mass is 452 g/mol. The van der Waals surface area contributed by atoms with Gasteiger partial charge in [0, 0.05) is 39.3 Å². The first-order chi connectivity index (χ1) is 15.0. The number of aromatic nitrogens is 2. The largest absolute Gasteiger partial charge is 0.444 e. The highest BCUT2D eigenvalue weighted by atomic mass is 16.6. The van der Waals surface area contributed by atoms with E-state index in [9.17, 15) is 9.59 Å². The quantitative estimate of drug-likeness (QED) is 0.670. The van der Waals surface area contributed by atoms with Gasteiger partial charge in [0.25, 0.3) is 0 Å². The Morgan fingerprint density at radius 3 is 2.28 bits per heavy atom. The number of nitrogens with one attached hydrogen (secondary N) is 1. The normalized spacial score (nSPS) is 19.1. The van der Waals surface area contributed by atoms with Gasteiger partial charge in [-0.25, -0.2) is 4.79 Å². The van der Waals surface area contributed by atoms with Crippen LogP contribution in [0.25, 0.3) is 0 Å². The summed E-state index contributed by atoms with van der Waals surface area (Å²) in [7, 11) is 0. The van der Waals surface area contributed by atoms with Gasteiger partial charge in [0.05, 0.1) is 26.3 Å². The summed E-state index contributed by atoms with van der Waals surface area (Å²) in [5, 5.41) is 6.83. The minimum atomic E-state index is -0.839. The van der Waals surface area contributed by atoms with Crippen LogP contribution in [-0.4, -0.2) is 101 Å². The number of carbonyl (C=O) groups is 2. The third-order valence-corrected chi connectivity index (χ3v) is 5.39. The minimum Gasteiger partial charge on any atom is -0.444 e. The maximum absolute atomic E-state index is 12.6.